The molecule has 0 aromatic carbocycles. The Morgan fingerprint density at radius 1 is 1.42 bits per heavy atom. The molecule has 140 valence electrons. The molecule has 1 fully saturated rings. The summed E-state index contributed by atoms with van der Waals surface area (Å²) in [6, 6.07) is 2.79. The highest BCUT2D eigenvalue weighted by Gasteiger charge is 2.34. The number of urea groups is 1. The Hall–Kier alpha value is -2.91. The van der Waals surface area contributed by atoms with Crippen LogP contribution >= 0.6 is 0 Å². The van der Waals surface area contributed by atoms with E-state index < -0.39 is 6.17 Å². The highest BCUT2D eigenvalue weighted by molar-refractivity contribution is 5.88. The van der Waals surface area contributed by atoms with Crippen molar-refractivity contribution in [2.24, 2.45) is 0 Å². The third-order valence-electron chi connectivity index (χ3n) is 4.19. The molecule has 26 heavy (non-hydrogen) atoms. The second kappa shape index (κ2) is 7.54. The van der Waals surface area contributed by atoms with Crippen LogP contribution < -0.4 is 15.1 Å². The van der Waals surface area contributed by atoms with Crippen molar-refractivity contribution in [2.75, 3.05) is 49.3 Å². The SMILES string of the molecule is CN(C[C@@H]1C[C@H](F)CN1c1ccnc(N(C)C)n1)C(=O)Nc1ccon1. The van der Waals surface area contributed by atoms with Gasteiger partial charge in [0.15, 0.2) is 5.82 Å². The van der Waals surface area contributed by atoms with Crippen LogP contribution in [0.4, 0.5) is 26.8 Å². The number of alkyl halides is 1. The van der Waals surface area contributed by atoms with Crippen LogP contribution in [0, 0.1) is 0 Å². The van der Waals surface area contributed by atoms with Crippen LogP contribution in [0.3, 0.4) is 0 Å². The third kappa shape index (κ3) is 4.01. The van der Waals surface area contributed by atoms with Crippen LogP contribution in [-0.2, 0) is 0 Å². The lowest BCUT2D eigenvalue weighted by Crippen LogP contribution is -2.43. The lowest BCUT2D eigenvalue weighted by atomic mass is 10.2. The summed E-state index contributed by atoms with van der Waals surface area (Å²) >= 11 is 0. The average Bonchev–Trinajstić information content (AvgIpc) is 3.24. The van der Waals surface area contributed by atoms with Crippen molar-refractivity contribution in [3.8, 4) is 0 Å². The molecule has 2 amide bonds. The van der Waals surface area contributed by atoms with Gasteiger partial charge in [-0.3, -0.25) is 5.32 Å². The number of carbonyl (C=O) groups is 1. The normalized spacial score (nSPS) is 19.5. The van der Waals surface area contributed by atoms with Crippen molar-refractivity contribution < 1.29 is 13.7 Å². The van der Waals surface area contributed by atoms with Gasteiger partial charge in [-0.25, -0.2) is 14.2 Å². The Balaban J connectivity index is 1.69. The minimum Gasteiger partial charge on any atom is -0.363 e. The molecule has 2 atom stereocenters. The van der Waals surface area contributed by atoms with Gasteiger partial charge < -0.3 is 19.2 Å². The summed E-state index contributed by atoms with van der Waals surface area (Å²) in [6.07, 6.45) is 2.40. The van der Waals surface area contributed by atoms with Crippen molar-refractivity contribution in [3.63, 3.8) is 0 Å². The van der Waals surface area contributed by atoms with E-state index in [1.165, 1.54) is 11.2 Å². The average molecular weight is 363 g/mol. The van der Waals surface area contributed by atoms with E-state index in [4.69, 9.17) is 0 Å². The predicted molar refractivity (Wildman–Crippen MR) is 95.2 cm³/mol. The highest BCUT2D eigenvalue weighted by Crippen LogP contribution is 2.27. The lowest BCUT2D eigenvalue weighted by molar-refractivity contribution is 0.218. The van der Waals surface area contributed by atoms with Gasteiger partial charge in [-0.1, -0.05) is 5.16 Å². The van der Waals surface area contributed by atoms with Gasteiger partial charge in [-0.2, -0.15) is 4.98 Å². The first kappa shape index (κ1) is 17.9. The van der Waals surface area contributed by atoms with E-state index in [0.29, 0.717) is 30.5 Å². The van der Waals surface area contributed by atoms with Crippen LogP contribution in [-0.4, -0.2) is 72.5 Å². The van der Waals surface area contributed by atoms with Gasteiger partial charge in [0, 0.05) is 46.4 Å². The summed E-state index contributed by atoms with van der Waals surface area (Å²) in [5.74, 6) is 1.54. The first-order valence-corrected chi connectivity index (χ1v) is 8.27. The summed E-state index contributed by atoms with van der Waals surface area (Å²) in [5.41, 5.74) is 0. The van der Waals surface area contributed by atoms with Gasteiger partial charge in [0.05, 0.1) is 12.6 Å². The topological polar surface area (TPSA) is 90.6 Å². The lowest BCUT2D eigenvalue weighted by Gasteiger charge is -2.29. The van der Waals surface area contributed by atoms with E-state index in [-0.39, 0.29) is 18.6 Å². The highest BCUT2D eigenvalue weighted by atomic mass is 19.1. The molecule has 1 aliphatic heterocycles. The fourth-order valence-corrected chi connectivity index (χ4v) is 2.91. The second-order valence-corrected chi connectivity index (χ2v) is 6.44. The molecule has 10 heteroatoms. The largest absolute Gasteiger partial charge is 0.363 e. The van der Waals surface area contributed by atoms with Gasteiger partial charge in [0.1, 0.15) is 18.3 Å². The Kier molecular flexibility index (Phi) is 5.19. The number of nitrogens with one attached hydrogen (secondary N) is 1. The molecule has 0 saturated carbocycles. The molecular formula is C16H22FN7O2. The maximum atomic E-state index is 14.1. The van der Waals surface area contributed by atoms with Gasteiger partial charge in [0.25, 0.3) is 0 Å². The number of hydrogen-bond acceptors (Lipinski definition) is 7. The first-order chi connectivity index (χ1) is 12.4. The standard InChI is InChI=1S/C16H22FN7O2/c1-22(2)15-18-6-4-14(20-15)24-9-11(17)8-12(24)10-23(3)16(25)19-13-5-7-26-21-13/h4-7,11-12H,8-10H2,1-3H3,(H,19,21,25)/t11-,12-/m0/s1. The molecule has 1 aliphatic rings. The molecule has 0 radical (unpaired) electrons. The maximum absolute atomic E-state index is 14.1. The summed E-state index contributed by atoms with van der Waals surface area (Å²) in [7, 11) is 5.35. The Labute approximate surface area is 150 Å². The third-order valence-corrected chi connectivity index (χ3v) is 4.19. The number of amides is 2. The first-order valence-electron chi connectivity index (χ1n) is 8.27. The van der Waals surface area contributed by atoms with E-state index in [2.05, 4.69) is 25.0 Å². The minimum absolute atomic E-state index is 0.178. The van der Waals surface area contributed by atoms with Crippen molar-refractivity contribution in [3.05, 3.63) is 24.6 Å². The van der Waals surface area contributed by atoms with Crippen molar-refractivity contribution in [2.45, 2.75) is 18.6 Å². The number of carbonyl (C=O) groups excluding carboxylic acids is 1. The molecule has 2 aromatic heterocycles. The molecule has 9 nitrogen and oxygen atoms in total. The molecule has 1 saturated heterocycles. The Morgan fingerprint density at radius 2 is 2.23 bits per heavy atom. The monoisotopic (exact) mass is 363 g/mol. The molecule has 2 aromatic rings. The molecule has 0 bridgehead atoms. The van der Waals surface area contributed by atoms with Gasteiger partial charge in [-0.15, -0.1) is 0 Å². The summed E-state index contributed by atoms with van der Waals surface area (Å²) < 4.78 is 18.8. The number of halogens is 1. The number of hydrogen-bond donors (Lipinski definition) is 1. The van der Waals surface area contributed by atoms with Crippen molar-refractivity contribution in [1.29, 1.82) is 0 Å². The van der Waals surface area contributed by atoms with E-state index in [9.17, 15) is 9.18 Å². The Morgan fingerprint density at radius 3 is 2.92 bits per heavy atom. The molecule has 0 unspecified atom stereocenters. The van der Waals surface area contributed by atoms with Gasteiger partial charge in [-0.05, 0) is 6.07 Å². The number of rotatable bonds is 5. The van der Waals surface area contributed by atoms with E-state index in [1.54, 1.807) is 30.3 Å². The van der Waals surface area contributed by atoms with Crippen molar-refractivity contribution in [1.82, 2.24) is 20.0 Å². The predicted octanol–water partition coefficient (Wildman–Crippen LogP) is 1.61. The van der Waals surface area contributed by atoms with Crippen LogP contribution in [0.1, 0.15) is 6.42 Å². The van der Waals surface area contributed by atoms with E-state index >= 15 is 0 Å². The summed E-state index contributed by atoms with van der Waals surface area (Å²) in [6.45, 7) is 0.596. The van der Waals surface area contributed by atoms with Crippen LogP contribution in [0.25, 0.3) is 0 Å². The number of likely N-dealkylation sites (N-methyl/N-ethyl adjacent to an activating group) is 1. The minimum atomic E-state index is -0.968. The zero-order valence-corrected chi connectivity index (χ0v) is 15.0. The van der Waals surface area contributed by atoms with E-state index in [0.717, 1.165) is 0 Å². The second-order valence-electron chi connectivity index (χ2n) is 6.44. The van der Waals surface area contributed by atoms with Crippen molar-refractivity contribution >= 4 is 23.6 Å². The van der Waals surface area contributed by atoms with Crippen LogP contribution in [0.15, 0.2) is 29.1 Å². The molecule has 3 rings (SSSR count). The smallest absolute Gasteiger partial charge is 0.322 e. The zero-order valence-electron chi connectivity index (χ0n) is 15.0. The molecule has 0 aliphatic carbocycles. The number of aromatic nitrogens is 3. The maximum Gasteiger partial charge on any atom is 0.322 e. The molecule has 1 N–H and O–H groups in total. The van der Waals surface area contributed by atoms with Gasteiger partial charge >= 0.3 is 6.03 Å². The van der Waals surface area contributed by atoms with E-state index in [1.807, 2.05) is 19.0 Å². The number of anilines is 3. The Bertz CT molecular complexity index is 740. The zero-order chi connectivity index (χ0) is 18.7. The fraction of sp³-hybridized carbons (Fsp3) is 0.500. The van der Waals surface area contributed by atoms with Crippen LogP contribution in [0.5, 0.6) is 0 Å². The fourth-order valence-electron chi connectivity index (χ4n) is 2.91. The summed E-state index contributed by atoms with van der Waals surface area (Å²) in [5, 5.41) is 6.27. The number of nitrogens with zero attached hydrogens (tertiary/aromatic N) is 6. The summed E-state index contributed by atoms with van der Waals surface area (Å²) in [4.78, 5) is 26.1. The molecule has 3 heterocycles. The molecule has 0 spiro atoms. The van der Waals surface area contributed by atoms with Gasteiger partial charge in [0.2, 0.25) is 5.95 Å². The molecular weight excluding hydrogens is 341 g/mol. The van der Waals surface area contributed by atoms with Crippen LogP contribution in [0.2, 0.25) is 0 Å². The quantitative estimate of drug-likeness (QED) is 0.863.